The fraction of sp³-hybridized carbons (Fsp3) is 0.581. The third-order valence-corrected chi connectivity index (χ3v) is 11.2. The summed E-state index contributed by atoms with van der Waals surface area (Å²) in [5.74, 6) is 1.45. The first-order valence-corrected chi connectivity index (χ1v) is 16.8. The minimum absolute atomic E-state index is 0.182. The van der Waals surface area contributed by atoms with Crippen LogP contribution in [0.1, 0.15) is 72.9 Å². The van der Waals surface area contributed by atoms with Gasteiger partial charge in [-0.3, -0.25) is 4.79 Å². The number of carbonyl (C=O) groups is 1. The standard InChI is InChI=1S/C31H40ClN3O4S/c1-38-28-7-3-2-4-15-40(33,37)34-30(36)22-9-13-29-27(17-22)35(18-23-8-11-25(23)28)19-31(20-39-29)14-5-6-21-16-24(32)10-12-26(21)31/h9-10,12-13,16-17,23,25,28H,2-8,11,14-15,18-20H2,1H3,(H2,33,34,36,37)/t23-,25+,28-,31-,40+/m0/s1. The lowest BCUT2D eigenvalue weighted by atomic mass is 9.68. The lowest BCUT2D eigenvalue weighted by Gasteiger charge is -2.46. The molecule has 2 aromatic rings. The van der Waals surface area contributed by atoms with Gasteiger partial charge in [0, 0.05) is 42.0 Å². The van der Waals surface area contributed by atoms with Crippen LogP contribution in [0.2, 0.25) is 5.02 Å². The van der Waals surface area contributed by atoms with Crippen molar-refractivity contribution in [3.05, 3.63) is 58.1 Å². The van der Waals surface area contributed by atoms with E-state index in [1.54, 1.807) is 6.07 Å². The summed E-state index contributed by atoms with van der Waals surface area (Å²) >= 11 is 6.40. The maximum Gasteiger partial charge on any atom is 0.286 e. The molecule has 1 spiro atoms. The van der Waals surface area contributed by atoms with Crippen LogP contribution < -0.4 is 14.8 Å². The highest BCUT2D eigenvalue weighted by molar-refractivity contribution is 7.91. The molecule has 2 aromatic carbocycles. The number of hydrogen-bond donors (Lipinski definition) is 1. The topological polar surface area (TPSA) is 94.2 Å². The second-order valence-electron chi connectivity index (χ2n) is 12.2. The Kier molecular flexibility index (Phi) is 7.89. The van der Waals surface area contributed by atoms with Gasteiger partial charge in [0.2, 0.25) is 0 Å². The van der Waals surface area contributed by atoms with Gasteiger partial charge in [0.1, 0.15) is 15.7 Å². The van der Waals surface area contributed by atoms with E-state index in [0.29, 0.717) is 30.4 Å². The number of methoxy groups -OCH3 is 1. The number of rotatable bonds is 1. The lowest BCUT2D eigenvalue weighted by molar-refractivity contribution is -0.0220. The quantitative estimate of drug-likeness (QED) is 0.449. The number of nitrogens with two attached hydrogens (primary N) is 1. The summed E-state index contributed by atoms with van der Waals surface area (Å²) < 4.78 is 29.6. The second-order valence-corrected chi connectivity index (χ2v) is 14.6. The molecule has 0 radical (unpaired) electrons. The van der Waals surface area contributed by atoms with Crippen LogP contribution in [-0.4, -0.2) is 48.8 Å². The molecule has 9 heteroatoms. The zero-order valence-corrected chi connectivity index (χ0v) is 24.9. The zero-order valence-electron chi connectivity index (χ0n) is 23.3. The van der Waals surface area contributed by atoms with E-state index in [2.05, 4.69) is 21.4 Å². The fourth-order valence-corrected chi connectivity index (χ4v) is 8.71. The highest BCUT2D eigenvalue weighted by Gasteiger charge is 2.44. The van der Waals surface area contributed by atoms with Gasteiger partial charge in [0.25, 0.3) is 5.91 Å². The second kappa shape index (κ2) is 11.3. The normalized spacial score (nSPS) is 32.6. The van der Waals surface area contributed by atoms with E-state index in [9.17, 15) is 9.00 Å². The van der Waals surface area contributed by atoms with Gasteiger partial charge in [0.05, 0.1) is 18.4 Å². The molecule has 6 rings (SSSR count). The van der Waals surface area contributed by atoms with E-state index in [1.165, 1.54) is 24.0 Å². The molecular weight excluding hydrogens is 546 g/mol. The predicted molar refractivity (Wildman–Crippen MR) is 160 cm³/mol. The molecule has 2 bridgehead atoms. The average Bonchev–Trinajstić information content (AvgIpc) is 3.06. The number of ether oxygens (including phenoxy) is 2. The summed E-state index contributed by atoms with van der Waals surface area (Å²) in [6.45, 7) is 2.22. The lowest BCUT2D eigenvalue weighted by Crippen LogP contribution is -2.49. The zero-order chi connectivity index (χ0) is 27.9. The Morgan fingerprint density at radius 1 is 1.12 bits per heavy atom. The van der Waals surface area contributed by atoms with Crippen molar-refractivity contribution in [2.45, 2.75) is 69.3 Å². The summed E-state index contributed by atoms with van der Waals surface area (Å²) in [4.78, 5) is 15.6. The van der Waals surface area contributed by atoms with Gasteiger partial charge in [0.15, 0.2) is 0 Å². The van der Waals surface area contributed by atoms with Crippen LogP contribution in [0.5, 0.6) is 5.75 Å². The highest BCUT2D eigenvalue weighted by atomic mass is 35.5. The monoisotopic (exact) mass is 585 g/mol. The molecular formula is C31H40ClN3O4S. The van der Waals surface area contributed by atoms with Crippen LogP contribution >= 0.6 is 11.6 Å². The van der Waals surface area contributed by atoms with Crippen molar-refractivity contribution in [1.82, 2.24) is 0 Å². The van der Waals surface area contributed by atoms with E-state index >= 15 is 0 Å². The molecule has 1 fully saturated rings. The van der Waals surface area contributed by atoms with Crippen molar-refractivity contribution in [3.63, 3.8) is 0 Å². The van der Waals surface area contributed by atoms with Gasteiger partial charge in [-0.2, -0.15) is 0 Å². The van der Waals surface area contributed by atoms with Crippen molar-refractivity contribution in [1.29, 1.82) is 0 Å². The molecule has 1 saturated carbocycles. The van der Waals surface area contributed by atoms with E-state index < -0.39 is 15.8 Å². The van der Waals surface area contributed by atoms with Gasteiger partial charge < -0.3 is 14.4 Å². The maximum absolute atomic E-state index is 13.2. The van der Waals surface area contributed by atoms with Crippen molar-refractivity contribution >= 4 is 33.1 Å². The van der Waals surface area contributed by atoms with Gasteiger partial charge in [-0.1, -0.05) is 30.5 Å². The largest absolute Gasteiger partial charge is 0.490 e. The minimum Gasteiger partial charge on any atom is -0.490 e. The van der Waals surface area contributed by atoms with Crippen molar-refractivity contribution in [3.8, 4) is 5.75 Å². The maximum atomic E-state index is 13.2. The number of fused-ring (bicyclic) bond motifs is 4. The summed E-state index contributed by atoms with van der Waals surface area (Å²) in [5, 5.41) is 6.79. The Hall–Kier alpha value is -2.13. The molecule has 0 saturated heterocycles. The van der Waals surface area contributed by atoms with Crippen LogP contribution in [0.25, 0.3) is 0 Å². The number of hydrogen-bond acceptors (Lipinski definition) is 5. The number of amides is 1. The van der Waals surface area contributed by atoms with Crippen LogP contribution in [0.4, 0.5) is 5.69 Å². The molecule has 0 aromatic heterocycles. The number of carbonyl (C=O) groups excluding carboxylic acids is 1. The molecule has 2 heterocycles. The average molecular weight is 586 g/mol. The van der Waals surface area contributed by atoms with E-state index in [1.807, 2.05) is 25.3 Å². The summed E-state index contributed by atoms with van der Waals surface area (Å²) in [7, 11) is -1.27. The molecule has 2 aliphatic carbocycles. The fourth-order valence-electron chi connectivity index (χ4n) is 7.42. The number of aryl methyl sites for hydroxylation is 1. The summed E-state index contributed by atoms with van der Waals surface area (Å²) in [6, 6.07) is 11.8. The Morgan fingerprint density at radius 2 is 2.00 bits per heavy atom. The molecule has 2 N–H and O–H groups in total. The minimum atomic E-state index is -3.10. The Morgan fingerprint density at radius 3 is 2.80 bits per heavy atom. The van der Waals surface area contributed by atoms with Gasteiger partial charge in [-0.15, -0.1) is 4.36 Å². The Labute approximate surface area is 243 Å². The van der Waals surface area contributed by atoms with Gasteiger partial charge in [-0.05, 0) is 98.2 Å². The Balaban J connectivity index is 1.43. The first kappa shape index (κ1) is 28.0. The van der Waals surface area contributed by atoms with E-state index in [0.717, 1.165) is 68.1 Å². The summed E-state index contributed by atoms with van der Waals surface area (Å²) in [6.07, 6.45) is 9.18. The molecule has 216 valence electrons. The van der Waals surface area contributed by atoms with Crippen molar-refractivity contribution in [2.24, 2.45) is 21.3 Å². The highest BCUT2D eigenvalue weighted by Crippen LogP contribution is 2.47. The number of halogens is 1. The third-order valence-electron chi connectivity index (χ3n) is 9.66. The molecule has 1 amide bonds. The van der Waals surface area contributed by atoms with E-state index in [-0.39, 0.29) is 17.3 Å². The van der Waals surface area contributed by atoms with Crippen LogP contribution in [0, 0.1) is 11.8 Å². The van der Waals surface area contributed by atoms with Crippen molar-refractivity contribution in [2.75, 3.05) is 37.5 Å². The molecule has 7 nitrogen and oxygen atoms in total. The van der Waals surface area contributed by atoms with Crippen LogP contribution in [0.3, 0.4) is 0 Å². The first-order valence-electron chi connectivity index (χ1n) is 14.7. The van der Waals surface area contributed by atoms with Crippen LogP contribution in [0.15, 0.2) is 40.8 Å². The third kappa shape index (κ3) is 5.52. The summed E-state index contributed by atoms with van der Waals surface area (Å²) in [5.41, 5.74) is 3.73. The molecule has 4 aliphatic rings. The predicted octanol–water partition coefficient (Wildman–Crippen LogP) is 5.91. The molecule has 5 atom stereocenters. The van der Waals surface area contributed by atoms with Crippen LogP contribution in [-0.2, 0) is 26.5 Å². The SMILES string of the molecule is CO[C@H]1CCCCC[S@](N)(=O)=NC(=O)c2ccc3c(c2)N(C[C@@H]2CC[C@H]21)C[C@@]1(CCCc2cc(Cl)ccc21)CO3. The smallest absolute Gasteiger partial charge is 0.286 e. The Bertz CT molecular complexity index is 1410. The van der Waals surface area contributed by atoms with Gasteiger partial charge in [-0.25, -0.2) is 9.35 Å². The molecule has 40 heavy (non-hydrogen) atoms. The van der Waals surface area contributed by atoms with Crippen molar-refractivity contribution < 1.29 is 18.5 Å². The number of nitrogens with zero attached hydrogens (tertiary/aromatic N) is 2. The number of benzene rings is 2. The van der Waals surface area contributed by atoms with Gasteiger partial charge >= 0.3 is 0 Å². The number of anilines is 1. The molecule has 2 aliphatic heterocycles. The van der Waals surface area contributed by atoms with E-state index in [4.69, 9.17) is 26.2 Å². The molecule has 0 unspecified atom stereocenters. The first-order chi connectivity index (χ1) is 19.3.